The molecule has 1 aromatic carbocycles. The molecule has 0 aliphatic carbocycles. The molecule has 1 aliphatic rings. The summed E-state index contributed by atoms with van der Waals surface area (Å²) in [6.07, 6.45) is 1.53. The Morgan fingerprint density at radius 1 is 1.21 bits per heavy atom. The lowest BCUT2D eigenvalue weighted by molar-refractivity contribution is -0.136. The van der Waals surface area contributed by atoms with Crippen LogP contribution in [0.1, 0.15) is 49.5 Å². The summed E-state index contributed by atoms with van der Waals surface area (Å²) in [5, 5.41) is 3.09. The summed E-state index contributed by atoms with van der Waals surface area (Å²) in [6.45, 7) is 9.15. The molecule has 1 aromatic rings. The molecule has 1 heterocycles. The van der Waals surface area contributed by atoms with Gasteiger partial charge in [0, 0.05) is 24.7 Å². The van der Waals surface area contributed by atoms with Gasteiger partial charge in [0.1, 0.15) is 0 Å². The lowest BCUT2D eigenvalue weighted by Crippen LogP contribution is -2.54. The highest BCUT2D eigenvalue weighted by molar-refractivity contribution is 5.95. The van der Waals surface area contributed by atoms with Crippen LogP contribution in [-0.4, -0.2) is 41.9 Å². The van der Waals surface area contributed by atoms with E-state index in [0.717, 1.165) is 18.4 Å². The molecule has 3 N–H and O–H groups in total. The number of nitrogens with one attached hydrogen (secondary N) is 1. The molecule has 5 nitrogen and oxygen atoms in total. The smallest absolute Gasteiger partial charge is 0.251 e. The summed E-state index contributed by atoms with van der Waals surface area (Å²) in [7, 11) is 0. The fourth-order valence-corrected chi connectivity index (χ4v) is 2.90. The molecule has 2 rings (SSSR count). The highest BCUT2D eigenvalue weighted by Crippen LogP contribution is 2.21. The number of hydrogen-bond donors (Lipinski definition) is 2. The van der Waals surface area contributed by atoms with Gasteiger partial charge in [-0.2, -0.15) is 0 Å². The molecule has 2 amide bonds. The number of amides is 2. The van der Waals surface area contributed by atoms with Crippen LogP contribution in [0, 0.1) is 12.3 Å². The molecule has 0 unspecified atom stereocenters. The van der Waals surface area contributed by atoms with Crippen LogP contribution in [0.15, 0.2) is 24.3 Å². The van der Waals surface area contributed by atoms with Crippen molar-refractivity contribution in [2.24, 2.45) is 11.1 Å². The number of benzene rings is 1. The third-order valence-corrected chi connectivity index (χ3v) is 4.73. The first kappa shape index (κ1) is 18.5. The highest BCUT2D eigenvalue weighted by Gasteiger charge is 2.33. The first-order chi connectivity index (χ1) is 11.2. The zero-order valence-corrected chi connectivity index (χ0v) is 15.1. The number of nitrogens with zero attached hydrogens (tertiary/aromatic N) is 1. The van der Waals surface area contributed by atoms with E-state index in [2.05, 4.69) is 5.32 Å². The van der Waals surface area contributed by atoms with E-state index in [9.17, 15) is 9.59 Å². The van der Waals surface area contributed by atoms with E-state index in [1.807, 2.05) is 56.9 Å². The first-order valence-corrected chi connectivity index (χ1v) is 8.61. The minimum atomic E-state index is -0.490. The van der Waals surface area contributed by atoms with E-state index in [0.29, 0.717) is 18.7 Å². The fraction of sp³-hybridized carbons (Fsp3) is 0.579. The van der Waals surface area contributed by atoms with E-state index in [4.69, 9.17) is 5.73 Å². The van der Waals surface area contributed by atoms with Crippen LogP contribution < -0.4 is 11.1 Å². The van der Waals surface area contributed by atoms with Crippen molar-refractivity contribution < 1.29 is 9.59 Å². The van der Waals surface area contributed by atoms with Gasteiger partial charge in [-0.25, -0.2) is 0 Å². The summed E-state index contributed by atoms with van der Waals surface area (Å²) < 4.78 is 0. The van der Waals surface area contributed by atoms with Crippen LogP contribution in [0.3, 0.4) is 0 Å². The van der Waals surface area contributed by atoms with Gasteiger partial charge in [0.05, 0.1) is 6.04 Å². The molecule has 0 spiro atoms. The van der Waals surface area contributed by atoms with Gasteiger partial charge in [-0.15, -0.1) is 0 Å². The number of hydrogen-bond acceptors (Lipinski definition) is 3. The molecule has 1 fully saturated rings. The number of aryl methyl sites for hydroxylation is 1. The zero-order valence-electron chi connectivity index (χ0n) is 15.1. The van der Waals surface area contributed by atoms with E-state index >= 15 is 0 Å². The number of carbonyl (C=O) groups is 2. The maximum atomic E-state index is 12.5. The molecule has 0 radical (unpaired) electrons. The van der Waals surface area contributed by atoms with Gasteiger partial charge in [0.2, 0.25) is 5.91 Å². The van der Waals surface area contributed by atoms with Gasteiger partial charge >= 0.3 is 0 Å². The number of piperidine rings is 1. The Kier molecular flexibility index (Phi) is 5.65. The third-order valence-electron chi connectivity index (χ3n) is 4.73. The van der Waals surface area contributed by atoms with Crippen molar-refractivity contribution in [1.82, 2.24) is 10.2 Å². The zero-order chi connectivity index (χ0) is 17.9. The van der Waals surface area contributed by atoms with Gasteiger partial charge in [-0.05, 0) is 36.8 Å². The van der Waals surface area contributed by atoms with Gasteiger partial charge in [0.15, 0.2) is 0 Å². The van der Waals surface area contributed by atoms with E-state index in [-0.39, 0.29) is 23.3 Å². The number of carbonyl (C=O) groups excluding carboxylic acids is 2. The van der Waals surface area contributed by atoms with Crippen LogP contribution >= 0.6 is 0 Å². The average Bonchev–Trinajstić information content (AvgIpc) is 2.53. The SMILES string of the molecule is Cc1ccccc1C(=O)NC1CCN(C(=O)[C@@H](N)C(C)(C)C)CC1. The van der Waals surface area contributed by atoms with E-state index < -0.39 is 6.04 Å². The second kappa shape index (κ2) is 7.34. The average molecular weight is 331 g/mol. The second-order valence-corrected chi connectivity index (χ2v) is 7.73. The lowest BCUT2D eigenvalue weighted by Gasteiger charge is -2.36. The molecule has 1 atom stereocenters. The van der Waals surface area contributed by atoms with Crippen LogP contribution in [0.5, 0.6) is 0 Å². The minimum Gasteiger partial charge on any atom is -0.349 e. The molecule has 0 saturated carbocycles. The summed E-state index contributed by atoms with van der Waals surface area (Å²) in [5.74, 6) is -0.0320. The lowest BCUT2D eigenvalue weighted by atomic mass is 9.86. The second-order valence-electron chi connectivity index (χ2n) is 7.73. The number of rotatable bonds is 3. The Morgan fingerprint density at radius 2 is 1.79 bits per heavy atom. The van der Waals surface area contributed by atoms with Crippen LogP contribution in [0.2, 0.25) is 0 Å². The quantitative estimate of drug-likeness (QED) is 0.890. The van der Waals surface area contributed by atoms with Crippen molar-refractivity contribution >= 4 is 11.8 Å². The van der Waals surface area contributed by atoms with Gasteiger partial charge in [0.25, 0.3) is 5.91 Å². The molecule has 0 bridgehead atoms. The Labute approximate surface area is 144 Å². The molecule has 1 aliphatic heterocycles. The fourth-order valence-electron chi connectivity index (χ4n) is 2.90. The topological polar surface area (TPSA) is 75.4 Å². The van der Waals surface area contributed by atoms with Gasteiger partial charge in [-0.1, -0.05) is 39.0 Å². The predicted molar refractivity (Wildman–Crippen MR) is 95.7 cm³/mol. The molecular weight excluding hydrogens is 302 g/mol. The van der Waals surface area contributed by atoms with Crippen molar-refractivity contribution in [3.63, 3.8) is 0 Å². The third kappa shape index (κ3) is 4.35. The number of nitrogens with two attached hydrogens (primary N) is 1. The molecular formula is C19H29N3O2. The van der Waals surface area contributed by atoms with Crippen LogP contribution in [0.25, 0.3) is 0 Å². The van der Waals surface area contributed by atoms with Crippen LogP contribution in [-0.2, 0) is 4.79 Å². The Morgan fingerprint density at radius 3 is 2.33 bits per heavy atom. The van der Waals surface area contributed by atoms with Gasteiger partial charge in [-0.3, -0.25) is 9.59 Å². The standard InChI is InChI=1S/C19H29N3O2/c1-13-7-5-6-8-15(13)17(23)21-14-9-11-22(12-10-14)18(24)16(20)19(2,3)4/h5-8,14,16H,9-12,20H2,1-4H3,(H,21,23)/t16-/m1/s1. The Bertz CT molecular complexity index is 599. The van der Waals surface area contributed by atoms with Crippen molar-refractivity contribution in [3.8, 4) is 0 Å². The molecule has 1 saturated heterocycles. The monoisotopic (exact) mass is 331 g/mol. The summed E-state index contributed by atoms with van der Waals surface area (Å²) in [6, 6.07) is 7.18. The predicted octanol–water partition coefficient (Wildman–Crippen LogP) is 2.09. The first-order valence-electron chi connectivity index (χ1n) is 8.61. The van der Waals surface area contributed by atoms with Crippen molar-refractivity contribution in [3.05, 3.63) is 35.4 Å². The molecule has 132 valence electrons. The van der Waals surface area contributed by atoms with Crippen molar-refractivity contribution in [2.75, 3.05) is 13.1 Å². The van der Waals surface area contributed by atoms with E-state index in [1.54, 1.807) is 0 Å². The largest absolute Gasteiger partial charge is 0.349 e. The summed E-state index contributed by atoms with van der Waals surface area (Å²) >= 11 is 0. The Hall–Kier alpha value is -1.88. The maximum Gasteiger partial charge on any atom is 0.251 e. The van der Waals surface area contributed by atoms with Crippen molar-refractivity contribution in [1.29, 1.82) is 0 Å². The van der Waals surface area contributed by atoms with Crippen molar-refractivity contribution in [2.45, 2.75) is 52.6 Å². The normalized spacial score (nSPS) is 17.5. The van der Waals surface area contributed by atoms with Gasteiger partial charge < -0.3 is 16.0 Å². The summed E-state index contributed by atoms with van der Waals surface area (Å²) in [4.78, 5) is 26.7. The minimum absolute atomic E-state index is 0.00572. The molecule has 5 heteroatoms. The molecule has 0 aromatic heterocycles. The Balaban J connectivity index is 1.88. The number of likely N-dealkylation sites (tertiary alicyclic amines) is 1. The highest BCUT2D eigenvalue weighted by atomic mass is 16.2. The van der Waals surface area contributed by atoms with E-state index in [1.165, 1.54) is 0 Å². The molecule has 24 heavy (non-hydrogen) atoms. The maximum absolute atomic E-state index is 12.5. The summed E-state index contributed by atoms with van der Waals surface area (Å²) in [5.41, 5.74) is 7.51. The van der Waals surface area contributed by atoms with Crippen LogP contribution in [0.4, 0.5) is 0 Å².